The number of piperidine rings is 1. The molecular formula is C21H27N5O2. The Hall–Kier alpha value is -2.85. The lowest BCUT2D eigenvalue weighted by Crippen LogP contribution is -2.39. The molecule has 0 spiro atoms. The number of rotatable bonds is 5. The fourth-order valence-electron chi connectivity index (χ4n) is 3.58. The van der Waals surface area contributed by atoms with Crippen LogP contribution in [0.2, 0.25) is 0 Å². The van der Waals surface area contributed by atoms with Crippen LogP contribution in [-0.4, -0.2) is 27.1 Å². The second-order valence-electron chi connectivity index (χ2n) is 7.67. The van der Waals surface area contributed by atoms with Crippen molar-refractivity contribution in [3.8, 4) is 6.07 Å². The highest BCUT2D eigenvalue weighted by Crippen LogP contribution is 2.18. The van der Waals surface area contributed by atoms with Gasteiger partial charge >= 0.3 is 5.69 Å². The van der Waals surface area contributed by atoms with Gasteiger partial charge in [-0.3, -0.25) is 18.8 Å². The van der Waals surface area contributed by atoms with E-state index in [1.54, 1.807) is 7.05 Å². The molecule has 0 aliphatic carbocycles. The van der Waals surface area contributed by atoms with Crippen LogP contribution in [0.25, 0.3) is 0 Å². The summed E-state index contributed by atoms with van der Waals surface area (Å²) in [5, 5.41) is 12.4. The van der Waals surface area contributed by atoms with E-state index in [2.05, 4.69) is 29.3 Å². The van der Waals surface area contributed by atoms with Crippen LogP contribution in [0.5, 0.6) is 0 Å². The number of aromatic nitrogens is 2. The third kappa shape index (κ3) is 4.18. The predicted molar refractivity (Wildman–Crippen MR) is 109 cm³/mol. The van der Waals surface area contributed by atoms with Crippen molar-refractivity contribution >= 4 is 5.82 Å². The first-order chi connectivity index (χ1) is 13.4. The Balaban J connectivity index is 1.68. The number of nitrogens with zero attached hydrogens (tertiary/aromatic N) is 4. The lowest BCUT2D eigenvalue weighted by Gasteiger charge is -2.30. The van der Waals surface area contributed by atoms with Crippen molar-refractivity contribution < 1.29 is 0 Å². The molecule has 1 N–H and O–H groups in total. The molecule has 1 saturated heterocycles. The molecule has 2 aromatic rings. The second-order valence-corrected chi connectivity index (χ2v) is 7.67. The van der Waals surface area contributed by atoms with Crippen LogP contribution in [0.4, 0.5) is 5.82 Å². The molecule has 0 unspecified atom stereocenters. The van der Waals surface area contributed by atoms with E-state index < -0.39 is 11.2 Å². The number of nitrogens with one attached hydrogen (secondary N) is 1. The van der Waals surface area contributed by atoms with E-state index in [0.717, 1.165) is 35.7 Å². The molecule has 7 heteroatoms. The Kier molecular flexibility index (Phi) is 6.00. The third-order valence-electron chi connectivity index (χ3n) is 5.54. The predicted octanol–water partition coefficient (Wildman–Crippen LogP) is 1.80. The summed E-state index contributed by atoms with van der Waals surface area (Å²) < 4.78 is 2.24. The first-order valence-electron chi connectivity index (χ1n) is 9.65. The summed E-state index contributed by atoms with van der Waals surface area (Å²) in [6.45, 7) is 6.00. The molecule has 7 nitrogen and oxygen atoms in total. The molecule has 1 aliphatic heterocycles. The molecule has 1 aromatic heterocycles. The number of benzene rings is 1. The first-order valence-corrected chi connectivity index (χ1v) is 9.65. The monoisotopic (exact) mass is 381 g/mol. The van der Waals surface area contributed by atoms with Gasteiger partial charge in [0.25, 0.3) is 5.56 Å². The molecule has 0 amide bonds. The van der Waals surface area contributed by atoms with Crippen LogP contribution in [0.15, 0.2) is 33.9 Å². The van der Waals surface area contributed by atoms with Crippen molar-refractivity contribution in [2.75, 3.05) is 18.4 Å². The van der Waals surface area contributed by atoms with Crippen LogP contribution >= 0.6 is 0 Å². The fraction of sp³-hybridized carbons (Fsp3) is 0.476. The van der Waals surface area contributed by atoms with Gasteiger partial charge < -0.3 is 5.32 Å². The lowest BCUT2D eigenvalue weighted by atomic mass is 9.99. The van der Waals surface area contributed by atoms with Gasteiger partial charge in [-0.2, -0.15) is 5.26 Å². The maximum atomic E-state index is 12.1. The minimum atomic E-state index is -0.584. The third-order valence-corrected chi connectivity index (χ3v) is 5.54. The van der Waals surface area contributed by atoms with Crippen LogP contribution in [0.1, 0.15) is 36.5 Å². The maximum absolute atomic E-state index is 12.1. The van der Waals surface area contributed by atoms with Gasteiger partial charge in [0, 0.05) is 27.2 Å². The van der Waals surface area contributed by atoms with Crippen LogP contribution < -0.4 is 16.6 Å². The zero-order valence-electron chi connectivity index (χ0n) is 16.7. The Morgan fingerprint density at radius 3 is 2.29 bits per heavy atom. The average Bonchev–Trinajstić information content (AvgIpc) is 2.71. The number of anilines is 1. The largest absolute Gasteiger partial charge is 0.366 e. The van der Waals surface area contributed by atoms with E-state index in [-0.39, 0.29) is 11.4 Å². The summed E-state index contributed by atoms with van der Waals surface area (Å²) in [5.41, 5.74) is 1.20. The van der Waals surface area contributed by atoms with Gasteiger partial charge in [0.05, 0.1) is 0 Å². The molecule has 1 fully saturated rings. The minimum Gasteiger partial charge on any atom is -0.366 e. The van der Waals surface area contributed by atoms with Gasteiger partial charge in [-0.1, -0.05) is 31.2 Å². The number of likely N-dealkylation sites (tertiary alicyclic amines) is 1. The summed E-state index contributed by atoms with van der Waals surface area (Å²) in [6, 6.07) is 10.2. The summed E-state index contributed by atoms with van der Waals surface area (Å²) >= 11 is 0. The number of hydrogen-bond acceptors (Lipinski definition) is 5. The summed E-state index contributed by atoms with van der Waals surface area (Å²) in [7, 11) is 2.92. The van der Waals surface area contributed by atoms with Crippen LogP contribution in [0.3, 0.4) is 0 Å². The minimum absolute atomic E-state index is 0.0550. The summed E-state index contributed by atoms with van der Waals surface area (Å²) in [5.74, 6) is 1.08. The molecule has 148 valence electrons. The zero-order valence-corrected chi connectivity index (χ0v) is 16.7. The highest BCUT2D eigenvalue weighted by Gasteiger charge is 2.16. The molecule has 1 aromatic carbocycles. The van der Waals surface area contributed by atoms with E-state index in [1.165, 1.54) is 30.0 Å². The Bertz CT molecular complexity index is 990. The molecule has 0 radical (unpaired) electrons. The van der Waals surface area contributed by atoms with E-state index in [4.69, 9.17) is 0 Å². The molecular weight excluding hydrogens is 354 g/mol. The molecule has 28 heavy (non-hydrogen) atoms. The second kappa shape index (κ2) is 8.44. The van der Waals surface area contributed by atoms with Crippen molar-refractivity contribution in [3.05, 3.63) is 61.8 Å². The Morgan fingerprint density at radius 1 is 1.07 bits per heavy atom. The average molecular weight is 381 g/mol. The molecule has 0 saturated carbocycles. The van der Waals surface area contributed by atoms with E-state index in [9.17, 15) is 14.9 Å². The zero-order chi connectivity index (χ0) is 20.3. The number of hydrogen-bond donors (Lipinski definition) is 1. The SMILES string of the molecule is CC1CCN(Cc2ccc(CNc3c(C#N)c(=O)n(C)c(=O)n3C)cc2)CC1. The fourth-order valence-corrected chi connectivity index (χ4v) is 3.58. The van der Waals surface area contributed by atoms with Crippen molar-refractivity contribution in [2.24, 2.45) is 20.0 Å². The molecule has 0 bridgehead atoms. The van der Waals surface area contributed by atoms with Crippen molar-refractivity contribution in [2.45, 2.75) is 32.9 Å². The Labute approximate surface area is 164 Å². The standard InChI is InChI=1S/C21H27N5O2/c1-15-8-10-26(11-9-15)14-17-6-4-16(5-7-17)13-23-19-18(12-22)20(27)25(3)21(28)24(19)2/h4-7,15,23H,8-11,13-14H2,1-3H3. The topological polar surface area (TPSA) is 83.1 Å². The van der Waals surface area contributed by atoms with Gasteiger partial charge in [-0.25, -0.2) is 4.79 Å². The molecule has 1 aliphatic rings. The van der Waals surface area contributed by atoms with Crippen molar-refractivity contribution in [1.82, 2.24) is 14.0 Å². The molecule has 0 atom stereocenters. The van der Waals surface area contributed by atoms with Crippen molar-refractivity contribution in [1.29, 1.82) is 5.26 Å². The van der Waals surface area contributed by atoms with Gasteiger partial charge in [0.2, 0.25) is 0 Å². The maximum Gasteiger partial charge on any atom is 0.332 e. The smallest absolute Gasteiger partial charge is 0.332 e. The van der Waals surface area contributed by atoms with E-state index in [1.807, 2.05) is 18.2 Å². The van der Waals surface area contributed by atoms with Gasteiger partial charge in [-0.05, 0) is 43.0 Å². The quantitative estimate of drug-likeness (QED) is 0.854. The number of nitriles is 1. The van der Waals surface area contributed by atoms with Gasteiger partial charge in [0.15, 0.2) is 5.56 Å². The first kappa shape index (κ1) is 19.9. The van der Waals surface area contributed by atoms with Crippen molar-refractivity contribution in [3.63, 3.8) is 0 Å². The van der Waals surface area contributed by atoms with E-state index in [0.29, 0.717) is 6.54 Å². The normalized spacial score (nSPS) is 15.4. The molecule has 2 heterocycles. The lowest BCUT2D eigenvalue weighted by molar-refractivity contribution is 0.185. The highest BCUT2D eigenvalue weighted by atomic mass is 16.2. The van der Waals surface area contributed by atoms with Gasteiger partial charge in [-0.15, -0.1) is 0 Å². The molecule has 3 rings (SSSR count). The van der Waals surface area contributed by atoms with Crippen LogP contribution in [0, 0.1) is 17.2 Å². The summed E-state index contributed by atoms with van der Waals surface area (Å²) in [4.78, 5) is 26.7. The van der Waals surface area contributed by atoms with E-state index >= 15 is 0 Å². The van der Waals surface area contributed by atoms with Gasteiger partial charge in [0.1, 0.15) is 11.9 Å². The Morgan fingerprint density at radius 2 is 1.68 bits per heavy atom. The highest BCUT2D eigenvalue weighted by molar-refractivity contribution is 5.51. The van der Waals surface area contributed by atoms with Crippen LogP contribution in [-0.2, 0) is 27.2 Å². The summed E-state index contributed by atoms with van der Waals surface area (Å²) in [6.07, 6.45) is 2.52.